The molecule has 1 aromatic carbocycles. The number of urea groups is 1. The van der Waals surface area contributed by atoms with E-state index in [1.54, 1.807) is 41.7 Å². The van der Waals surface area contributed by atoms with Crippen LogP contribution in [0, 0.1) is 0 Å². The molecule has 8 nitrogen and oxygen atoms in total. The fourth-order valence-electron chi connectivity index (χ4n) is 3.04. The Balaban J connectivity index is 1.38. The van der Waals surface area contributed by atoms with Gasteiger partial charge in [0.2, 0.25) is 15.9 Å². The molecular weight excluding hydrogens is 412 g/mol. The van der Waals surface area contributed by atoms with Crippen molar-refractivity contribution >= 4 is 33.3 Å². The average molecular weight is 437 g/mol. The van der Waals surface area contributed by atoms with Gasteiger partial charge in [-0.05, 0) is 30.0 Å². The summed E-state index contributed by atoms with van der Waals surface area (Å²) in [6.07, 6.45) is 0.719. The van der Waals surface area contributed by atoms with Gasteiger partial charge in [0.15, 0.2) is 0 Å². The first-order valence-corrected chi connectivity index (χ1v) is 11.6. The molecule has 1 aromatic heterocycles. The monoisotopic (exact) mass is 436 g/mol. The van der Waals surface area contributed by atoms with Crippen molar-refractivity contribution < 1.29 is 18.0 Å². The van der Waals surface area contributed by atoms with Gasteiger partial charge in [-0.25, -0.2) is 13.2 Å². The predicted octanol–water partition coefficient (Wildman–Crippen LogP) is 1.12. The van der Waals surface area contributed by atoms with E-state index in [2.05, 4.69) is 10.6 Å². The van der Waals surface area contributed by atoms with Crippen LogP contribution in [0.25, 0.3) is 0 Å². The van der Waals surface area contributed by atoms with Crippen molar-refractivity contribution in [3.05, 3.63) is 52.7 Å². The summed E-state index contributed by atoms with van der Waals surface area (Å²) < 4.78 is 26.7. The van der Waals surface area contributed by atoms with E-state index in [0.717, 1.165) is 6.42 Å². The third kappa shape index (κ3) is 6.10. The van der Waals surface area contributed by atoms with E-state index in [4.69, 9.17) is 0 Å². The zero-order chi connectivity index (χ0) is 20.7. The normalized spacial score (nSPS) is 15.7. The highest BCUT2D eigenvalue weighted by molar-refractivity contribution is 7.89. The fourth-order valence-corrected chi connectivity index (χ4v) is 5.19. The molecule has 156 valence electrons. The van der Waals surface area contributed by atoms with Crippen LogP contribution >= 0.6 is 11.3 Å². The van der Waals surface area contributed by atoms with Crippen LogP contribution in [-0.4, -0.2) is 68.8 Å². The van der Waals surface area contributed by atoms with Gasteiger partial charge in [-0.3, -0.25) is 15.0 Å². The van der Waals surface area contributed by atoms with Crippen LogP contribution in [0.1, 0.15) is 4.88 Å². The van der Waals surface area contributed by atoms with Gasteiger partial charge in [0.05, 0.1) is 11.4 Å². The molecule has 2 heterocycles. The van der Waals surface area contributed by atoms with Crippen LogP contribution in [0.5, 0.6) is 0 Å². The fraction of sp³-hybridized carbons (Fsp3) is 0.368. The van der Waals surface area contributed by atoms with Crippen molar-refractivity contribution in [2.45, 2.75) is 11.3 Å². The largest absolute Gasteiger partial charge is 0.337 e. The Hall–Kier alpha value is -2.27. The molecule has 1 saturated heterocycles. The molecule has 0 saturated carbocycles. The van der Waals surface area contributed by atoms with Crippen molar-refractivity contribution in [3.8, 4) is 0 Å². The number of carbonyl (C=O) groups excluding carboxylic acids is 2. The Labute approximate surface area is 174 Å². The quantitative estimate of drug-likeness (QED) is 0.678. The predicted molar refractivity (Wildman–Crippen MR) is 111 cm³/mol. The summed E-state index contributed by atoms with van der Waals surface area (Å²) in [5, 5.41) is 6.96. The molecule has 0 radical (unpaired) electrons. The summed E-state index contributed by atoms with van der Waals surface area (Å²) in [5.41, 5.74) is 0. The lowest BCUT2D eigenvalue weighted by molar-refractivity contribution is -0.121. The maximum absolute atomic E-state index is 12.6. The smallest absolute Gasteiger partial charge is 0.321 e. The number of hydrogen-bond donors (Lipinski definition) is 2. The minimum Gasteiger partial charge on any atom is -0.337 e. The number of sulfonamides is 1. The molecule has 0 atom stereocenters. The van der Waals surface area contributed by atoms with Crippen LogP contribution in [0.2, 0.25) is 0 Å². The van der Waals surface area contributed by atoms with Crippen LogP contribution < -0.4 is 10.6 Å². The van der Waals surface area contributed by atoms with Crippen LogP contribution in [0.4, 0.5) is 4.79 Å². The lowest BCUT2D eigenvalue weighted by Gasteiger charge is -2.33. The van der Waals surface area contributed by atoms with E-state index in [-0.39, 0.29) is 11.4 Å². The van der Waals surface area contributed by atoms with Crippen molar-refractivity contribution in [2.75, 3.05) is 39.3 Å². The van der Waals surface area contributed by atoms with E-state index in [1.165, 1.54) is 9.18 Å². The summed E-state index contributed by atoms with van der Waals surface area (Å²) >= 11 is 1.62. The van der Waals surface area contributed by atoms with E-state index in [9.17, 15) is 18.0 Å². The van der Waals surface area contributed by atoms with E-state index >= 15 is 0 Å². The summed E-state index contributed by atoms with van der Waals surface area (Å²) in [6.45, 7) is 1.97. The molecule has 2 aromatic rings. The summed E-state index contributed by atoms with van der Waals surface area (Å²) in [5.74, 6) is -0.405. The van der Waals surface area contributed by atoms with E-state index < -0.39 is 22.0 Å². The van der Waals surface area contributed by atoms with Gasteiger partial charge >= 0.3 is 6.03 Å². The molecule has 0 spiro atoms. The Bertz CT molecular complexity index is 909. The Kier molecular flexibility index (Phi) is 7.37. The van der Waals surface area contributed by atoms with Crippen molar-refractivity contribution in [3.63, 3.8) is 0 Å². The first-order chi connectivity index (χ1) is 13.9. The molecule has 10 heteroatoms. The third-order valence-electron chi connectivity index (χ3n) is 4.57. The van der Waals surface area contributed by atoms with Gasteiger partial charge in [-0.1, -0.05) is 24.3 Å². The molecular formula is C19H24N4O4S2. The lowest BCUT2D eigenvalue weighted by Crippen LogP contribution is -2.52. The molecule has 2 N–H and O–H groups in total. The summed E-state index contributed by atoms with van der Waals surface area (Å²) in [7, 11) is -3.52. The first-order valence-electron chi connectivity index (χ1n) is 9.33. The molecule has 3 rings (SSSR count). The molecule has 29 heavy (non-hydrogen) atoms. The number of nitrogens with zero attached hydrogens (tertiary/aromatic N) is 2. The standard InChI is InChI=1S/C19H24N4O4S2/c24-18(21-19(25)20-9-8-16-5-4-14-28-16)15-22-10-12-23(13-11-22)29(26,27)17-6-2-1-3-7-17/h1-7,14H,8-13,15H2,(H2,20,21,24,25). The first kappa shape index (κ1) is 21.4. The second-order valence-electron chi connectivity index (χ2n) is 6.63. The number of imide groups is 1. The van der Waals surface area contributed by atoms with Crippen molar-refractivity contribution in [1.29, 1.82) is 0 Å². The van der Waals surface area contributed by atoms with E-state index in [0.29, 0.717) is 32.7 Å². The SMILES string of the molecule is O=C(CN1CCN(S(=O)(=O)c2ccccc2)CC1)NC(=O)NCCc1cccs1. The number of carbonyl (C=O) groups is 2. The Morgan fingerprint density at radius 1 is 1.00 bits per heavy atom. The van der Waals surface area contributed by atoms with Gasteiger partial charge in [0, 0.05) is 37.6 Å². The number of hydrogen-bond acceptors (Lipinski definition) is 6. The van der Waals surface area contributed by atoms with Crippen LogP contribution in [0.3, 0.4) is 0 Å². The molecule has 1 fully saturated rings. The molecule has 3 amide bonds. The average Bonchev–Trinajstić information content (AvgIpc) is 3.22. The van der Waals surface area contributed by atoms with Gasteiger partial charge in [-0.15, -0.1) is 11.3 Å². The van der Waals surface area contributed by atoms with Gasteiger partial charge < -0.3 is 5.32 Å². The van der Waals surface area contributed by atoms with Gasteiger partial charge in [-0.2, -0.15) is 4.31 Å². The number of rotatable bonds is 7. The van der Waals surface area contributed by atoms with Crippen LogP contribution in [-0.2, 0) is 21.2 Å². The lowest BCUT2D eigenvalue weighted by atomic mass is 10.3. The molecule has 0 aliphatic carbocycles. The van der Waals surface area contributed by atoms with Crippen molar-refractivity contribution in [2.24, 2.45) is 0 Å². The Morgan fingerprint density at radius 2 is 1.72 bits per heavy atom. The molecule has 0 unspecified atom stereocenters. The Morgan fingerprint density at radius 3 is 2.38 bits per heavy atom. The zero-order valence-electron chi connectivity index (χ0n) is 15.9. The zero-order valence-corrected chi connectivity index (χ0v) is 17.5. The maximum atomic E-state index is 12.6. The number of nitrogens with one attached hydrogen (secondary N) is 2. The number of benzene rings is 1. The topological polar surface area (TPSA) is 98.8 Å². The highest BCUT2D eigenvalue weighted by atomic mass is 32.2. The highest BCUT2D eigenvalue weighted by Crippen LogP contribution is 2.17. The second kappa shape index (κ2) is 9.97. The van der Waals surface area contributed by atoms with Crippen molar-refractivity contribution in [1.82, 2.24) is 19.8 Å². The van der Waals surface area contributed by atoms with Gasteiger partial charge in [0.25, 0.3) is 0 Å². The molecule has 0 bridgehead atoms. The molecule has 1 aliphatic rings. The van der Waals surface area contributed by atoms with Gasteiger partial charge in [0.1, 0.15) is 0 Å². The summed E-state index contributed by atoms with van der Waals surface area (Å²) in [4.78, 5) is 27.2. The summed E-state index contributed by atoms with van der Waals surface area (Å²) in [6, 6.07) is 11.7. The third-order valence-corrected chi connectivity index (χ3v) is 7.42. The minimum absolute atomic E-state index is 0.0531. The minimum atomic E-state index is -3.52. The molecule has 1 aliphatic heterocycles. The number of thiophene rings is 1. The van der Waals surface area contributed by atoms with E-state index in [1.807, 2.05) is 22.4 Å². The number of piperazine rings is 1. The highest BCUT2D eigenvalue weighted by Gasteiger charge is 2.29. The maximum Gasteiger partial charge on any atom is 0.321 e. The second-order valence-corrected chi connectivity index (χ2v) is 9.60. The van der Waals surface area contributed by atoms with Crippen LogP contribution in [0.15, 0.2) is 52.7 Å². The number of amides is 3.